The number of hydrogen-bond acceptors (Lipinski definition) is 2. The van der Waals surface area contributed by atoms with Gasteiger partial charge in [-0.05, 0) is 25.8 Å². The van der Waals surface area contributed by atoms with Gasteiger partial charge in [0.05, 0.1) is 6.42 Å². The molecule has 0 aliphatic carbocycles. The third-order valence-electron chi connectivity index (χ3n) is 3.69. The van der Waals surface area contributed by atoms with E-state index < -0.39 is 0 Å². The van der Waals surface area contributed by atoms with Crippen molar-refractivity contribution in [3.63, 3.8) is 0 Å². The molecule has 0 spiro atoms. The van der Waals surface area contributed by atoms with E-state index >= 15 is 0 Å². The molecule has 116 valence electrons. The van der Waals surface area contributed by atoms with Gasteiger partial charge in [0.15, 0.2) is 0 Å². The maximum atomic E-state index is 11.9. The summed E-state index contributed by atoms with van der Waals surface area (Å²) in [5.74, 6) is 0.0450. The molecule has 0 radical (unpaired) electrons. The summed E-state index contributed by atoms with van der Waals surface area (Å²) in [7, 11) is 0. The number of nitrogens with one attached hydrogen (secondary N) is 1. The van der Waals surface area contributed by atoms with Crippen molar-refractivity contribution in [3.8, 4) is 0 Å². The second-order valence-electron chi connectivity index (χ2n) is 5.48. The number of carbonyl (C=O) groups excluding carboxylic acids is 2. The van der Waals surface area contributed by atoms with E-state index in [1.54, 1.807) is 11.8 Å². The minimum absolute atomic E-state index is 0.00786. The Labute approximate surface area is 127 Å². The van der Waals surface area contributed by atoms with Gasteiger partial charge in [0.2, 0.25) is 11.8 Å². The number of aryl methyl sites for hydroxylation is 1. The maximum absolute atomic E-state index is 11.9. The fourth-order valence-corrected chi connectivity index (χ4v) is 2.18. The number of rotatable bonds is 7. The van der Waals surface area contributed by atoms with E-state index in [-0.39, 0.29) is 17.9 Å². The van der Waals surface area contributed by atoms with E-state index in [4.69, 9.17) is 0 Å². The monoisotopic (exact) mass is 290 g/mol. The first kappa shape index (κ1) is 17.2. The van der Waals surface area contributed by atoms with Gasteiger partial charge in [0.25, 0.3) is 0 Å². The number of carbonyl (C=O) groups is 2. The lowest BCUT2D eigenvalue weighted by atomic mass is 10.1. The van der Waals surface area contributed by atoms with Crippen molar-refractivity contribution in [1.29, 1.82) is 0 Å². The standard InChI is InChI=1S/C17H26N2O2/c1-5-14(3)19(15(4)20)11-10-18-17(21)12-16-8-6-13(2)7-9-16/h6-9,14H,5,10-12H2,1-4H3,(H,18,21). The highest BCUT2D eigenvalue weighted by Gasteiger charge is 2.14. The van der Waals surface area contributed by atoms with Crippen LogP contribution in [0.25, 0.3) is 0 Å². The molecule has 0 saturated heterocycles. The van der Waals surface area contributed by atoms with Crippen LogP contribution in [0.4, 0.5) is 0 Å². The molecule has 1 aromatic rings. The van der Waals surface area contributed by atoms with Crippen molar-refractivity contribution < 1.29 is 9.59 Å². The molecular weight excluding hydrogens is 264 g/mol. The van der Waals surface area contributed by atoms with E-state index in [2.05, 4.69) is 12.2 Å². The van der Waals surface area contributed by atoms with Crippen LogP contribution in [0.1, 0.15) is 38.3 Å². The highest BCUT2D eigenvalue weighted by Crippen LogP contribution is 2.04. The average Bonchev–Trinajstić information content (AvgIpc) is 2.45. The van der Waals surface area contributed by atoms with Crippen molar-refractivity contribution in [2.75, 3.05) is 13.1 Å². The number of hydrogen-bond donors (Lipinski definition) is 1. The van der Waals surface area contributed by atoms with Crippen molar-refractivity contribution >= 4 is 11.8 Å². The topological polar surface area (TPSA) is 49.4 Å². The summed E-state index contributed by atoms with van der Waals surface area (Å²) >= 11 is 0. The van der Waals surface area contributed by atoms with Gasteiger partial charge in [-0.2, -0.15) is 0 Å². The van der Waals surface area contributed by atoms with E-state index in [1.807, 2.05) is 38.1 Å². The van der Waals surface area contributed by atoms with Gasteiger partial charge in [-0.25, -0.2) is 0 Å². The van der Waals surface area contributed by atoms with E-state index in [0.717, 1.165) is 12.0 Å². The number of benzene rings is 1. The van der Waals surface area contributed by atoms with Crippen LogP contribution in [0.3, 0.4) is 0 Å². The third kappa shape index (κ3) is 5.98. The molecule has 4 heteroatoms. The molecular formula is C17H26N2O2. The molecule has 0 aromatic heterocycles. The molecule has 1 rings (SSSR count). The lowest BCUT2D eigenvalue weighted by Gasteiger charge is -2.27. The second kappa shape index (κ2) is 8.45. The molecule has 0 fully saturated rings. The van der Waals surface area contributed by atoms with Crippen LogP contribution in [0.2, 0.25) is 0 Å². The molecule has 1 aromatic carbocycles. The van der Waals surface area contributed by atoms with Crippen molar-refractivity contribution in [3.05, 3.63) is 35.4 Å². The summed E-state index contributed by atoms with van der Waals surface area (Å²) in [6.45, 7) is 8.72. The van der Waals surface area contributed by atoms with Gasteiger partial charge in [0, 0.05) is 26.1 Å². The quantitative estimate of drug-likeness (QED) is 0.837. The predicted molar refractivity (Wildman–Crippen MR) is 85.0 cm³/mol. The Morgan fingerprint density at radius 2 is 1.86 bits per heavy atom. The van der Waals surface area contributed by atoms with Crippen LogP contribution >= 0.6 is 0 Å². The smallest absolute Gasteiger partial charge is 0.224 e. The summed E-state index contributed by atoms with van der Waals surface area (Å²) in [5, 5.41) is 2.88. The summed E-state index contributed by atoms with van der Waals surface area (Å²) in [5.41, 5.74) is 2.19. The molecule has 1 atom stereocenters. The summed E-state index contributed by atoms with van der Waals surface area (Å²) in [6, 6.07) is 8.15. The molecule has 0 heterocycles. The fraction of sp³-hybridized carbons (Fsp3) is 0.529. The van der Waals surface area contributed by atoms with Crippen molar-refractivity contribution in [2.24, 2.45) is 0 Å². The van der Waals surface area contributed by atoms with Gasteiger partial charge in [0.1, 0.15) is 0 Å². The second-order valence-corrected chi connectivity index (χ2v) is 5.48. The van der Waals surface area contributed by atoms with Crippen LogP contribution in [-0.4, -0.2) is 35.8 Å². The van der Waals surface area contributed by atoms with Crippen molar-refractivity contribution in [1.82, 2.24) is 10.2 Å². The Kier molecular flexibility index (Phi) is 6.92. The Hall–Kier alpha value is -1.84. The first-order chi connectivity index (χ1) is 9.93. The normalized spacial score (nSPS) is 11.8. The van der Waals surface area contributed by atoms with E-state index in [0.29, 0.717) is 19.5 Å². The van der Waals surface area contributed by atoms with Crippen molar-refractivity contribution in [2.45, 2.75) is 46.6 Å². The van der Waals surface area contributed by atoms with Gasteiger partial charge in [-0.15, -0.1) is 0 Å². The number of nitrogens with zero attached hydrogens (tertiary/aromatic N) is 1. The Morgan fingerprint density at radius 1 is 1.24 bits per heavy atom. The molecule has 2 amide bonds. The Balaban J connectivity index is 2.38. The zero-order valence-corrected chi connectivity index (χ0v) is 13.5. The third-order valence-corrected chi connectivity index (χ3v) is 3.69. The maximum Gasteiger partial charge on any atom is 0.224 e. The van der Waals surface area contributed by atoms with Gasteiger partial charge in [-0.1, -0.05) is 36.8 Å². The number of amides is 2. The van der Waals surface area contributed by atoms with Gasteiger partial charge in [-0.3, -0.25) is 9.59 Å². The Morgan fingerprint density at radius 3 is 2.38 bits per heavy atom. The summed E-state index contributed by atoms with van der Waals surface area (Å²) in [4.78, 5) is 25.2. The molecule has 0 aliphatic heterocycles. The lowest BCUT2D eigenvalue weighted by molar-refractivity contribution is -0.131. The van der Waals surface area contributed by atoms with Gasteiger partial charge < -0.3 is 10.2 Å². The van der Waals surface area contributed by atoms with Crippen LogP contribution < -0.4 is 5.32 Å². The van der Waals surface area contributed by atoms with E-state index in [1.165, 1.54) is 5.56 Å². The summed E-state index contributed by atoms with van der Waals surface area (Å²) in [6.07, 6.45) is 1.29. The summed E-state index contributed by atoms with van der Waals surface area (Å²) < 4.78 is 0. The molecule has 1 N–H and O–H groups in total. The predicted octanol–water partition coefficient (Wildman–Crippen LogP) is 2.30. The first-order valence-electron chi connectivity index (χ1n) is 7.53. The fourth-order valence-electron chi connectivity index (χ4n) is 2.18. The lowest BCUT2D eigenvalue weighted by Crippen LogP contribution is -2.42. The van der Waals surface area contributed by atoms with E-state index in [9.17, 15) is 9.59 Å². The molecule has 21 heavy (non-hydrogen) atoms. The minimum atomic E-state index is -0.00786. The SMILES string of the molecule is CCC(C)N(CCNC(=O)Cc1ccc(C)cc1)C(C)=O. The first-order valence-corrected chi connectivity index (χ1v) is 7.53. The highest BCUT2D eigenvalue weighted by molar-refractivity contribution is 5.78. The zero-order chi connectivity index (χ0) is 15.8. The van der Waals surface area contributed by atoms with Gasteiger partial charge >= 0.3 is 0 Å². The van der Waals surface area contributed by atoms with Crippen LogP contribution in [0, 0.1) is 6.92 Å². The molecule has 0 bridgehead atoms. The Bertz CT molecular complexity index is 468. The largest absolute Gasteiger partial charge is 0.354 e. The molecule has 4 nitrogen and oxygen atoms in total. The molecule has 0 saturated carbocycles. The minimum Gasteiger partial charge on any atom is -0.354 e. The molecule has 1 unspecified atom stereocenters. The van der Waals surface area contributed by atoms with Crippen LogP contribution in [0.5, 0.6) is 0 Å². The highest BCUT2D eigenvalue weighted by atomic mass is 16.2. The zero-order valence-electron chi connectivity index (χ0n) is 13.5. The van der Waals surface area contributed by atoms with Crippen LogP contribution in [0.15, 0.2) is 24.3 Å². The van der Waals surface area contributed by atoms with Crippen LogP contribution in [-0.2, 0) is 16.0 Å². The molecule has 0 aliphatic rings. The average molecular weight is 290 g/mol.